The number of likely N-dealkylation sites (tertiary alicyclic amines) is 1. The zero-order valence-electron chi connectivity index (χ0n) is 15.2. The Hall–Kier alpha value is -2.08. The minimum absolute atomic E-state index is 0.0633. The predicted octanol–water partition coefficient (Wildman–Crippen LogP) is 3.36. The summed E-state index contributed by atoms with van der Waals surface area (Å²) in [5, 5.41) is 4.69. The molecule has 0 atom stereocenters. The number of carbonyl (C=O) groups excluding carboxylic acids is 1. The lowest BCUT2D eigenvalue weighted by Crippen LogP contribution is -2.42. The van der Waals surface area contributed by atoms with Gasteiger partial charge in [-0.3, -0.25) is 4.79 Å². The van der Waals surface area contributed by atoms with E-state index in [0.717, 1.165) is 55.3 Å². The number of piperidine rings is 1. The van der Waals surface area contributed by atoms with Gasteiger partial charge in [0.05, 0.1) is 17.3 Å². The molecule has 138 valence electrons. The summed E-state index contributed by atoms with van der Waals surface area (Å²) >= 11 is 6.28. The smallest absolute Gasteiger partial charge is 0.223 e. The molecule has 4 heterocycles. The van der Waals surface area contributed by atoms with E-state index in [9.17, 15) is 4.79 Å². The highest BCUT2D eigenvalue weighted by atomic mass is 35.5. The molecule has 7 heteroatoms. The first-order chi connectivity index (χ1) is 12.5. The molecule has 2 aromatic heterocycles. The number of aryl methyl sites for hydroxylation is 2. The number of aromatic nitrogens is 2. The van der Waals surface area contributed by atoms with E-state index in [2.05, 4.69) is 15.0 Å². The standard InChI is InChI=1S/C19H23ClN4O2/c1-13-15(14(2)26-22-13)11-24-12-19(10-17(24)25)5-8-23(9-6-19)18-16(20)4-3-7-21-18/h3-4,7H,5-6,8-12H2,1-2H3. The summed E-state index contributed by atoms with van der Waals surface area (Å²) in [7, 11) is 0. The second-order valence-electron chi connectivity index (χ2n) is 7.53. The van der Waals surface area contributed by atoms with Crippen LogP contribution in [0.5, 0.6) is 0 Å². The van der Waals surface area contributed by atoms with E-state index in [1.807, 2.05) is 30.9 Å². The Morgan fingerprint density at radius 2 is 2.08 bits per heavy atom. The summed E-state index contributed by atoms with van der Waals surface area (Å²) in [6.45, 7) is 6.99. The van der Waals surface area contributed by atoms with Gasteiger partial charge in [0, 0.05) is 43.2 Å². The van der Waals surface area contributed by atoms with E-state index in [4.69, 9.17) is 16.1 Å². The van der Waals surface area contributed by atoms with Gasteiger partial charge in [0.2, 0.25) is 5.91 Å². The molecule has 0 saturated carbocycles. The Balaban J connectivity index is 1.43. The van der Waals surface area contributed by atoms with Crippen LogP contribution >= 0.6 is 11.6 Å². The number of rotatable bonds is 3. The Morgan fingerprint density at radius 1 is 1.31 bits per heavy atom. The van der Waals surface area contributed by atoms with Gasteiger partial charge in [-0.05, 0) is 38.8 Å². The number of nitrogens with zero attached hydrogens (tertiary/aromatic N) is 4. The highest BCUT2D eigenvalue weighted by Gasteiger charge is 2.45. The molecule has 4 rings (SSSR count). The van der Waals surface area contributed by atoms with Crippen molar-refractivity contribution in [3.8, 4) is 0 Å². The quantitative estimate of drug-likeness (QED) is 0.824. The molecule has 0 aromatic carbocycles. The topological polar surface area (TPSA) is 62.5 Å². The van der Waals surface area contributed by atoms with E-state index in [0.29, 0.717) is 18.0 Å². The van der Waals surface area contributed by atoms with E-state index < -0.39 is 0 Å². The van der Waals surface area contributed by atoms with Crippen LogP contribution in [0, 0.1) is 19.3 Å². The Labute approximate surface area is 158 Å². The Kier molecular flexibility index (Phi) is 4.39. The maximum Gasteiger partial charge on any atom is 0.223 e. The van der Waals surface area contributed by atoms with Crippen LogP contribution in [0.25, 0.3) is 0 Å². The number of anilines is 1. The van der Waals surface area contributed by atoms with Crippen LogP contribution in [0.2, 0.25) is 5.02 Å². The number of hydrogen-bond donors (Lipinski definition) is 0. The average molecular weight is 375 g/mol. The van der Waals surface area contributed by atoms with Gasteiger partial charge in [-0.1, -0.05) is 16.8 Å². The summed E-state index contributed by atoms with van der Waals surface area (Å²) in [5.74, 6) is 1.88. The van der Waals surface area contributed by atoms with Gasteiger partial charge in [0.1, 0.15) is 11.6 Å². The molecule has 0 radical (unpaired) electrons. The fourth-order valence-corrected chi connectivity index (χ4v) is 4.42. The SMILES string of the molecule is Cc1noc(C)c1CN1CC2(CCN(c3ncccc3Cl)CC2)CC1=O. The second kappa shape index (κ2) is 6.58. The molecule has 0 aliphatic carbocycles. The van der Waals surface area contributed by atoms with Crippen molar-refractivity contribution < 1.29 is 9.32 Å². The maximum absolute atomic E-state index is 12.6. The van der Waals surface area contributed by atoms with Crippen LogP contribution in [-0.4, -0.2) is 40.6 Å². The minimum atomic E-state index is 0.0633. The monoisotopic (exact) mass is 374 g/mol. The van der Waals surface area contributed by atoms with Crippen LogP contribution in [0.4, 0.5) is 5.82 Å². The lowest BCUT2D eigenvalue weighted by Gasteiger charge is -2.39. The zero-order chi connectivity index (χ0) is 18.3. The van der Waals surface area contributed by atoms with Crippen molar-refractivity contribution in [1.29, 1.82) is 0 Å². The molecule has 2 fully saturated rings. The molecule has 1 amide bonds. The predicted molar refractivity (Wildman–Crippen MR) is 99.1 cm³/mol. The van der Waals surface area contributed by atoms with Crippen molar-refractivity contribution in [2.45, 2.75) is 39.7 Å². The molecule has 0 bridgehead atoms. The largest absolute Gasteiger partial charge is 0.361 e. The molecule has 2 aliphatic rings. The summed E-state index contributed by atoms with van der Waals surface area (Å²) in [4.78, 5) is 21.2. The Morgan fingerprint density at radius 3 is 2.73 bits per heavy atom. The second-order valence-corrected chi connectivity index (χ2v) is 7.93. The van der Waals surface area contributed by atoms with E-state index in [-0.39, 0.29) is 11.3 Å². The van der Waals surface area contributed by atoms with Crippen molar-refractivity contribution >= 4 is 23.3 Å². The average Bonchev–Trinajstić information content (AvgIpc) is 3.10. The molecule has 0 unspecified atom stereocenters. The number of pyridine rings is 1. The fourth-order valence-electron chi connectivity index (χ4n) is 4.18. The van der Waals surface area contributed by atoms with Crippen LogP contribution < -0.4 is 4.90 Å². The number of carbonyl (C=O) groups is 1. The molecule has 6 nitrogen and oxygen atoms in total. The van der Waals surface area contributed by atoms with Gasteiger partial charge in [-0.15, -0.1) is 0 Å². The van der Waals surface area contributed by atoms with Gasteiger partial charge in [-0.2, -0.15) is 0 Å². The lowest BCUT2D eigenvalue weighted by atomic mass is 9.77. The first-order valence-corrected chi connectivity index (χ1v) is 9.40. The first kappa shape index (κ1) is 17.3. The van der Waals surface area contributed by atoms with Crippen molar-refractivity contribution in [2.24, 2.45) is 5.41 Å². The molecule has 2 saturated heterocycles. The van der Waals surface area contributed by atoms with Gasteiger partial charge in [0.15, 0.2) is 0 Å². The minimum Gasteiger partial charge on any atom is -0.361 e. The summed E-state index contributed by atoms with van der Waals surface area (Å²) in [6, 6.07) is 3.72. The summed E-state index contributed by atoms with van der Waals surface area (Å²) < 4.78 is 5.24. The maximum atomic E-state index is 12.6. The summed E-state index contributed by atoms with van der Waals surface area (Å²) in [6.07, 6.45) is 4.35. The molecule has 0 N–H and O–H groups in total. The fraction of sp³-hybridized carbons (Fsp3) is 0.526. The third-order valence-electron chi connectivity index (χ3n) is 5.80. The van der Waals surface area contributed by atoms with Gasteiger partial charge < -0.3 is 14.3 Å². The van der Waals surface area contributed by atoms with Crippen molar-refractivity contribution in [3.05, 3.63) is 40.4 Å². The normalized spacial score (nSPS) is 19.6. The lowest BCUT2D eigenvalue weighted by molar-refractivity contribution is -0.128. The van der Waals surface area contributed by atoms with E-state index >= 15 is 0 Å². The van der Waals surface area contributed by atoms with Crippen LogP contribution in [0.15, 0.2) is 22.9 Å². The van der Waals surface area contributed by atoms with Crippen LogP contribution in [-0.2, 0) is 11.3 Å². The third kappa shape index (κ3) is 3.07. The van der Waals surface area contributed by atoms with Gasteiger partial charge >= 0.3 is 0 Å². The van der Waals surface area contributed by atoms with Crippen LogP contribution in [0.3, 0.4) is 0 Å². The van der Waals surface area contributed by atoms with E-state index in [1.54, 1.807) is 6.20 Å². The molecule has 2 aliphatic heterocycles. The number of hydrogen-bond acceptors (Lipinski definition) is 5. The molecular weight excluding hydrogens is 352 g/mol. The summed E-state index contributed by atoms with van der Waals surface area (Å²) in [5.41, 5.74) is 1.97. The highest BCUT2D eigenvalue weighted by molar-refractivity contribution is 6.32. The molecule has 1 spiro atoms. The first-order valence-electron chi connectivity index (χ1n) is 9.02. The van der Waals surface area contributed by atoms with E-state index in [1.165, 1.54) is 0 Å². The molecular formula is C19H23ClN4O2. The Bertz CT molecular complexity index is 807. The van der Waals surface area contributed by atoms with Crippen molar-refractivity contribution in [1.82, 2.24) is 15.0 Å². The van der Waals surface area contributed by atoms with Gasteiger partial charge in [0.25, 0.3) is 0 Å². The van der Waals surface area contributed by atoms with Crippen molar-refractivity contribution in [2.75, 3.05) is 24.5 Å². The number of amides is 1. The third-order valence-corrected chi connectivity index (χ3v) is 6.09. The zero-order valence-corrected chi connectivity index (χ0v) is 15.9. The molecule has 2 aromatic rings. The highest BCUT2D eigenvalue weighted by Crippen LogP contribution is 2.43. The van der Waals surface area contributed by atoms with Crippen molar-refractivity contribution in [3.63, 3.8) is 0 Å². The van der Waals surface area contributed by atoms with Crippen LogP contribution in [0.1, 0.15) is 36.3 Å². The number of halogens is 1. The molecule has 26 heavy (non-hydrogen) atoms. The van der Waals surface area contributed by atoms with Gasteiger partial charge in [-0.25, -0.2) is 4.98 Å².